The first-order valence-corrected chi connectivity index (χ1v) is 5.22. The van der Waals surface area contributed by atoms with Crippen LogP contribution in [0.2, 0.25) is 0 Å². The van der Waals surface area contributed by atoms with Crippen molar-refractivity contribution >= 4 is 23.2 Å². The van der Waals surface area contributed by atoms with Crippen LogP contribution in [0.1, 0.15) is 17.3 Å². The number of anilines is 1. The number of nitrogen functional groups attached to an aromatic ring is 1. The topological polar surface area (TPSA) is 153 Å². The van der Waals surface area contributed by atoms with E-state index < -0.39 is 22.8 Å². The Morgan fingerprint density at radius 3 is 2.53 bits per heavy atom. The van der Waals surface area contributed by atoms with Crippen LogP contribution in [0.5, 0.6) is 0 Å². The summed E-state index contributed by atoms with van der Waals surface area (Å²) < 4.78 is 0. The Bertz CT molecular complexity index is 531. The third-order valence-electron chi connectivity index (χ3n) is 2.40. The molecule has 6 N–H and O–H groups in total. The number of benzene rings is 1. The summed E-state index contributed by atoms with van der Waals surface area (Å²) in [5, 5.41) is 13.1. The van der Waals surface area contributed by atoms with E-state index in [2.05, 4.69) is 10.7 Å². The average molecular weight is 267 g/mol. The summed E-state index contributed by atoms with van der Waals surface area (Å²) in [6, 6.07) is 2.97. The van der Waals surface area contributed by atoms with Crippen molar-refractivity contribution in [2.24, 2.45) is 11.6 Å². The van der Waals surface area contributed by atoms with Crippen LogP contribution in [-0.2, 0) is 4.79 Å². The second-order valence-corrected chi connectivity index (χ2v) is 3.70. The molecule has 0 saturated carbocycles. The lowest BCUT2D eigenvalue weighted by Gasteiger charge is -2.12. The predicted octanol–water partition coefficient (Wildman–Crippen LogP) is -0.516. The lowest BCUT2D eigenvalue weighted by molar-refractivity contribution is -0.384. The second kappa shape index (κ2) is 5.78. The van der Waals surface area contributed by atoms with Gasteiger partial charge in [0, 0.05) is 6.07 Å². The van der Waals surface area contributed by atoms with E-state index in [1.54, 1.807) is 0 Å². The van der Waals surface area contributed by atoms with Crippen LogP contribution in [0.25, 0.3) is 0 Å². The van der Waals surface area contributed by atoms with Crippen molar-refractivity contribution in [3.05, 3.63) is 33.9 Å². The van der Waals surface area contributed by atoms with E-state index in [4.69, 9.17) is 11.6 Å². The van der Waals surface area contributed by atoms with Gasteiger partial charge in [-0.1, -0.05) is 6.07 Å². The molecule has 2 amide bonds. The Labute approximate surface area is 108 Å². The van der Waals surface area contributed by atoms with Crippen molar-refractivity contribution < 1.29 is 14.5 Å². The van der Waals surface area contributed by atoms with Gasteiger partial charge in [-0.3, -0.25) is 25.5 Å². The molecule has 1 aromatic rings. The number of amides is 2. The molecule has 0 aliphatic heterocycles. The number of carbonyl (C=O) groups is 2. The van der Waals surface area contributed by atoms with Gasteiger partial charge in [0.05, 0.1) is 10.5 Å². The zero-order valence-corrected chi connectivity index (χ0v) is 10.0. The van der Waals surface area contributed by atoms with E-state index in [-0.39, 0.29) is 16.9 Å². The number of primary amides is 1. The molecule has 1 rings (SSSR count). The Balaban J connectivity index is 3.13. The largest absolute Gasteiger partial charge is 0.368 e. The third kappa shape index (κ3) is 3.16. The molecule has 19 heavy (non-hydrogen) atoms. The average Bonchev–Trinajstić information content (AvgIpc) is 2.37. The van der Waals surface area contributed by atoms with Crippen LogP contribution in [0.3, 0.4) is 0 Å². The number of rotatable bonds is 5. The number of nitro groups is 1. The lowest BCUT2D eigenvalue weighted by atomic mass is 10.1. The third-order valence-corrected chi connectivity index (χ3v) is 2.40. The number of carbonyl (C=O) groups excluding carboxylic acids is 2. The number of hydrogen-bond acceptors (Lipinski definition) is 6. The number of nitrogens with zero attached hydrogens (tertiary/aromatic N) is 1. The van der Waals surface area contributed by atoms with Gasteiger partial charge in [0.1, 0.15) is 11.7 Å². The molecule has 1 atom stereocenters. The van der Waals surface area contributed by atoms with Crippen molar-refractivity contribution in [2.75, 3.05) is 5.43 Å². The fraction of sp³-hybridized carbons (Fsp3) is 0.200. The fourth-order valence-electron chi connectivity index (χ4n) is 1.38. The van der Waals surface area contributed by atoms with Crippen molar-refractivity contribution in [3.63, 3.8) is 0 Å². The first-order chi connectivity index (χ1) is 8.88. The minimum atomic E-state index is -0.905. The van der Waals surface area contributed by atoms with E-state index >= 15 is 0 Å². The number of nitrogens with two attached hydrogens (primary N) is 2. The summed E-state index contributed by atoms with van der Waals surface area (Å²) in [4.78, 5) is 32.8. The van der Waals surface area contributed by atoms with Crippen LogP contribution in [0.15, 0.2) is 18.2 Å². The van der Waals surface area contributed by atoms with Crippen molar-refractivity contribution in [2.45, 2.75) is 13.0 Å². The summed E-state index contributed by atoms with van der Waals surface area (Å²) in [6.45, 7) is 1.40. The molecular weight excluding hydrogens is 254 g/mol. The summed E-state index contributed by atoms with van der Waals surface area (Å²) in [5.41, 5.74) is 6.59. The quantitative estimate of drug-likeness (QED) is 0.320. The van der Waals surface area contributed by atoms with E-state index in [0.29, 0.717) is 0 Å². The monoisotopic (exact) mass is 267 g/mol. The smallest absolute Gasteiger partial charge is 0.294 e. The maximum atomic E-state index is 11.9. The van der Waals surface area contributed by atoms with Gasteiger partial charge in [0.15, 0.2) is 0 Å². The fourth-order valence-corrected chi connectivity index (χ4v) is 1.38. The number of hydrogen-bond donors (Lipinski definition) is 4. The number of nitrogens with one attached hydrogen (secondary N) is 2. The Morgan fingerprint density at radius 2 is 2.05 bits per heavy atom. The molecule has 1 unspecified atom stereocenters. The van der Waals surface area contributed by atoms with Gasteiger partial charge in [0.2, 0.25) is 5.91 Å². The summed E-state index contributed by atoms with van der Waals surface area (Å²) in [6.07, 6.45) is 0. The van der Waals surface area contributed by atoms with E-state index in [9.17, 15) is 19.7 Å². The predicted molar refractivity (Wildman–Crippen MR) is 67.0 cm³/mol. The molecular formula is C10H13N5O4. The maximum Gasteiger partial charge on any atom is 0.294 e. The van der Waals surface area contributed by atoms with Gasteiger partial charge >= 0.3 is 0 Å². The van der Waals surface area contributed by atoms with Gasteiger partial charge in [0.25, 0.3) is 11.6 Å². The Hall–Kier alpha value is -2.68. The second-order valence-electron chi connectivity index (χ2n) is 3.70. The Morgan fingerprint density at radius 1 is 1.42 bits per heavy atom. The van der Waals surface area contributed by atoms with Gasteiger partial charge in [-0.2, -0.15) is 0 Å². The van der Waals surface area contributed by atoms with Gasteiger partial charge < -0.3 is 16.5 Å². The highest BCUT2D eigenvalue weighted by molar-refractivity contribution is 6.03. The molecule has 0 aliphatic rings. The molecule has 0 radical (unpaired) electrons. The molecule has 0 heterocycles. The van der Waals surface area contributed by atoms with Gasteiger partial charge in [-0.25, -0.2) is 0 Å². The number of nitro benzene ring substituents is 1. The molecule has 0 bridgehead atoms. The molecule has 0 aromatic heterocycles. The van der Waals surface area contributed by atoms with Crippen molar-refractivity contribution in [1.29, 1.82) is 0 Å². The minimum absolute atomic E-state index is 0.0511. The SMILES string of the molecule is CC(NC(=O)c1cccc([N+](=O)[O-])c1NN)C(N)=O. The zero-order chi connectivity index (χ0) is 14.6. The lowest BCUT2D eigenvalue weighted by Crippen LogP contribution is -2.42. The molecule has 0 aliphatic carbocycles. The molecule has 0 saturated heterocycles. The first kappa shape index (κ1) is 14.4. The van der Waals surface area contributed by atoms with Gasteiger partial charge in [-0.05, 0) is 13.0 Å². The summed E-state index contributed by atoms with van der Waals surface area (Å²) in [7, 11) is 0. The van der Waals surface area contributed by atoms with Crippen molar-refractivity contribution in [3.8, 4) is 0 Å². The summed E-state index contributed by atoms with van der Waals surface area (Å²) in [5.74, 6) is 3.78. The van der Waals surface area contributed by atoms with Crippen LogP contribution in [-0.4, -0.2) is 22.8 Å². The normalized spacial score (nSPS) is 11.5. The summed E-state index contributed by atoms with van der Waals surface area (Å²) >= 11 is 0. The van der Waals surface area contributed by atoms with Crippen LogP contribution < -0.4 is 22.3 Å². The van der Waals surface area contributed by atoms with Crippen LogP contribution >= 0.6 is 0 Å². The highest BCUT2D eigenvalue weighted by Gasteiger charge is 2.22. The van der Waals surface area contributed by atoms with E-state index in [1.165, 1.54) is 25.1 Å². The highest BCUT2D eigenvalue weighted by Crippen LogP contribution is 2.27. The first-order valence-electron chi connectivity index (χ1n) is 5.22. The standard InChI is InChI=1S/C10H13N5O4/c1-5(9(11)16)13-10(17)6-3-2-4-7(15(18)19)8(6)14-12/h2-5,14H,12H2,1H3,(H2,11,16)(H,13,17). The molecule has 9 heteroatoms. The zero-order valence-electron chi connectivity index (χ0n) is 10.0. The molecule has 9 nitrogen and oxygen atoms in total. The van der Waals surface area contributed by atoms with Crippen molar-refractivity contribution in [1.82, 2.24) is 5.32 Å². The van der Waals surface area contributed by atoms with Crippen LogP contribution in [0.4, 0.5) is 11.4 Å². The maximum absolute atomic E-state index is 11.9. The minimum Gasteiger partial charge on any atom is -0.368 e. The van der Waals surface area contributed by atoms with Crippen LogP contribution in [0, 0.1) is 10.1 Å². The molecule has 0 fully saturated rings. The Kier molecular flexibility index (Phi) is 4.37. The number of para-hydroxylation sites is 1. The molecule has 1 aromatic carbocycles. The number of hydrazine groups is 1. The molecule has 102 valence electrons. The molecule has 0 spiro atoms. The van der Waals surface area contributed by atoms with Gasteiger partial charge in [-0.15, -0.1) is 0 Å². The van der Waals surface area contributed by atoms with E-state index in [0.717, 1.165) is 0 Å². The van der Waals surface area contributed by atoms with E-state index in [1.807, 2.05) is 0 Å². The highest BCUT2D eigenvalue weighted by atomic mass is 16.6.